The van der Waals surface area contributed by atoms with Crippen LogP contribution in [-0.2, 0) is 14.3 Å². The fourth-order valence-corrected chi connectivity index (χ4v) is 8.08. The first kappa shape index (κ1) is 58.3. The summed E-state index contributed by atoms with van der Waals surface area (Å²) in [5.41, 5.74) is 0. The molecule has 0 aliphatic rings. The van der Waals surface area contributed by atoms with Crippen LogP contribution >= 0.6 is 0 Å². The second kappa shape index (κ2) is 50.0. The highest BCUT2D eigenvalue weighted by molar-refractivity contribution is 5.76. The van der Waals surface area contributed by atoms with E-state index in [1.165, 1.54) is 199 Å². The van der Waals surface area contributed by atoms with Gasteiger partial charge in [0.15, 0.2) is 0 Å². The molecule has 2 unspecified atom stereocenters. The van der Waals surface area contributed by atoms with Crippen molar-refractivity contribution in [3.63, 3.8) is 0 Å². The van der Waals surface area contributed by atoms with Crippen LogP contribution in [0.3, 0.4) is 0 Å². The van der Waals surface area contributed by atoms with Crippen molar-refractivity contribution in [2.75, 3.05) is 13.2 Å². The highest BCUT2D eigenvalue weighted by atomic mass is 16.5. The van der Waals surface area contributed by atoms with E-state index in [1.54, 1.807) is 6.08 Å². The van der Waals surface area contributed by atoms with Crippen molar-refractivity contribution in [3.8, 4) is 0 Å². The van der Waals surface area contributed by atoms with Crippen LogP contribution in [0.1, 0.15) is 284 Å². The molecule has 0 aliphatic carbocycles. The Kier molecular flexibility index (Phi) is 48.6. The van der Waals surface area contributed by atoms with Crippen LogP contribution < -0.4 is 5.32 Å². The summed E-state index contributed by atoms with van der Waals surface area (Å²) in [6, 6.07) is -0.645. The summed E-state index contributed by atoms with van der Waals surface area (Å²) in [5.74, 6) is -0.121. The average molecular weight is 846 g/mol. The van der Waals surface area contributed by atoms with Crippen molar-refractivity contribution < 1.29 is 24.5 Å². The lowest BCUT2D eigenvalue weighted by Gasteiger charge is -2.20. The lowest BCUT2D eigenvalue weighted by atomic mass is 10.0. The van der Waals surface area contributed by atoms with E-state index in [1.807, 2.05) is 6.08 Å². The maximum atomic E-state index is 12.4. The van der Waals surface area contributed by atoms with Gasteiger partial charge in [0.05, 0.1) is 25.4 Å². The first-order valence-electron chi connectivity index (χ1n) is 26.6. The van der Waals surface area contributed by atoms with Crippen molar-refractivity contribution in [2.45, 2.75) is 296 Å². The zero-order valence-corrected chi connectivity index (χ0v) is 40.2. The van der Waals surface area contributed by atoms with Gasteiger partial charge in [-0.1, -0.05) is 244 Å². The topological polar surface area (TPSA) is 95.9 Å². The number of rotatable bonds is 49. The SMILES string of the molecule is CCCC/C=C\CCCCCCCC(=O)OCCCCCCCCCCCCC(=O)NC(CO)C(O)/C=C/CCCCCCCCCCCCCCCCCCCCCC. The summed E-state index contributed by atoms with van der Waals surface area (Å²) < 4.78 is 5.43. The van der Waals surface area contributed by atoms with Crippen LogP contribution in [0, 0.1) is 0 Å². The van der Waals surface area contributed by atoms with Crippen LogP contribution in [0.5, 0.6) is 0 Å². The van der Waals surface area contributed by atoms with Crippen LogP contribution in [0.25, 0.3) is 0 Å². The normalized spacial score (nSPS) is 12.8. The lowest BCUT2D eigenvalue weighted by Crippen LogP contribution is -2.45. The smallest absolute Gasteiger partial charge is 0.305 e. The molecule has 2 atom stereocenters. The van der Waals surface area contributed by atoms with E-state index in [0.29, 0.717) is 19.4 Å². The van der Waals surface area contributed by atoms with E-state index in [2.05, 4.69) is 31.3 Å². The number of esters is 1. The molecule has 0 radical (unpaired) electrons. The third-order valence-electron chi connectivity index (χ3n) is 12.2. The number of unbranched alkanes of at least 4 members (excludes halogenated alkanes) is 36. The Bertz CT molecular complexity index is 935. The van der Waals surface area contributed by atoms with Gasteiger partial charge in [0.2, 0.25) is 5.91 Å². The van der Waals surface area contributed by atoms with Gasteiger partial charge in [0.1, 0.15) is 0 Å². The number of hydrogen-bond donors (Lipinski definition) is 3. The van der Waals surface area contributed by atoms with Gasteiger partial charge < -0.3 is 20.3 Å². The Labute approximate surface area is 373 Å². The number of nitrogens with one attached hydrogen (secondary N) is 1. The molecule has 354 valence electrons. The second-order valence-corrected chi connectivity index (χ2v) is 18.2. The van der Waals surface area contributed by atoms with E-state index < -0.39 is 12.1 Å². The first-order chi connectivity index (χ1) is 29.5. The molecular formula is C54H103NO5. The largest absolute Gasteiger partial charge is 0.466 e. The van der Waals surface area contributed by atoms with E-state index in [4.69, 9.17) is 4.74 Å². The molecule has 0 aliphatic heterocycles. The van der Waals surface area contributed by atoms with Gasteiger partial charge in [0.25, 0.3) is 0 Å². The minimum Gasteiger partial charge on any atom is -0.466 e. The van der Waals surface area contributed by atoms with Gasteiger partial charge in [-0.15, -0.1) is 0 Å². The molecule has 1 amide bonds. The molecule has 0 aromatic heterocycles. The van der Waals surface area contributed by atoms with Crippen LogP contribution in [0.15, 0.2) is 24.3 Å². The second-order valence-electron chi connectivity index (χ2n) is 18.2. The summed E-state index contributed by atoms with van der Waals surface area (Å²) in [6.07, 6.45) is 59.0. The quantitative estimate of drug-likeness (QED) is 0.0322. The van der Waals surface area contributed by atoms with Crippen molar-refractivity contribution in [1.29, 1.82) is 0 Å². The fraction of sp³-hybridized carbons (Fsp3) is 0.889. The maximum Gasteiger partial charge on any atom is 0.305 e. The van der Waals surface area contributed by atoms with Crippen LogP contribution in [0.4, 0.5) is 0 Å². The van der Waals surface area contributed by atoms with Gasteiger partial charge in [0, 0.05) is 12.8 Å². The van der Waals surface area contributed by atoms with E-state index in [-0.39, 0.29) is 18.5 Å². The number of aliphatic hydroxyl groups is 2. The highest BCUT2D eigenvalue weighted by Crippen LogP contribution is 2.16. The maximum absolute atomic E-state index is 12.4. The van der Waals surface area contributed by atoms with E-state index in [0.717, 1.165) is 57.8 Å². The molecule has 0 aromatic carbocycles. The summed E-state index contributed by atoms with van der Waals surface area (Å²) in [6.45, 7) is 4.82. The van der Waals surface area contributed by atoms with Crippen molar-refractivity contribution in [3.05, 3.63) is 24.3 Å². The Morgan fingerprint density at radius 1 is 0.450 bits per heavy atom. The summed E-state index contributed by atoms with van der Waals surface area (Å²) >= 11 is 0. The Morgan fingerprint density at radius 3 is 1.23 bits per heavy atom. The number of hydrogen-bond acceptors (Lipinski definition) is 5. The Morgan fingerprint density at radius 2 is 0.800 bits per heavy atom. The molecule has 60 heavy (non-hydrogen) atoms. The summed E-state index contributed by atoms with van der Waals surface area (Å²) in [4.78, 5) is 24.4. The molecule has 0 saturated heterocycles. The average Bonchev–Trinajstić information content (AvgIpc) is 3.25. The minimum absolute atomic E-state index is 0.0316. The zero-order valence-electron chi connectivity index (χ0n) is 40.2. The molecular weight excluding hydrogens is 743 g/mol. The van der Waals surface area contributed by atoms with E-state index in [9.17, 15) is 19.8 Å². The predicted octanol–water partition coefficient (Wildman–Crippen LogP) is 15.9. The monoisotopic (exact) mass is 846 g/mol. The molecule has 0 bridgehead atoms. The predicted molar refractivity (Wildman–Crippen MR) is 260 cm³/mol. The molecule has 0 rings (SSSR count). The van der Waals surface area contributed by atoms with Crippen LogP contribution in [-0.4, -0.2) is 47.4 Å². The number of carbonyl (C=O) groups is 2. The standard InChI is InChI=1S/C54H103NO5/c1-3-5-7-9-11-13-15-16-17-18-19-20-21-22-23-24-25-27-30-34-38-42-46-52(57)51(50-56)55-53(58)47-43-39-35-31-28-29-33-37-41-45-49-60-54(59)48-44-40-36-32-26-14-12-10-8-6-4-2/h10,12,42,46,51-52,56-57H,3-9,11,13-41,43-45,47-50H2,1-2H3,(H,55,58)/b12-10-,46-42+. The molecule has 0 spiro atoms. The molecule has 6 heteroatoms. The van der Waals surface area contributed by atoms with Crippen molar-refractivity contribution >= 4 is 11.9 Å². The highest BCUT2D eigenvalue weighted by Gasteiger charge is 2.18. The number of aliphatic hydroxyl groups excluding tert-OH is 2. The summed E-state index contributed by atoms with van der Waals surface area (Å²) in [5, 5.41) is 23.1. The Hall–Kier alpha value is -1.66. The van der Waals surface area contributed by atoms with E-state index >= 15 is 0 Å². The zero-order chi connectivity index (χ0) is 43.7. The van der Waals surface area contributed by atoms with Crippen molar-refractivity contribution in [1.82, 2.24) is 5.32 Å². The number of allylic oxidation sites excluding steroid dienone is 3. The number of amides is 1. The van der Waals surface area contributed by atoms with Crippen molar-refractivity contribution in [2.24, 2.45) is 0 Å². The molecule has 6 nitrogen and oxygen atoms in total. The Balaban J connectivity index is 3.52. The third kappa shape index (κ3) is 45.9. The van der Waals surface area contributed by atoms with Gasteiger partial charge in [-0.25, -0.2) is 0 Å². The van der Waals surface area contributed by atoms with Gasteiger partial charge in [-0.2, -0.15) is 0 Å². The molecule has 0 heterocycles. The fourth-order valence-electron chi connectivity index (χ4n) is 8.08. The number of carbonyl (C=O) groups excluding carboxylic acids is 2. The molecule has 0 aromatic rings. The first-order valence-corrected chi connectivity index (χ1v) is 26.6. The third-order valence-corrected chi connectivity index (χ3v) is 12.2. The van der Waals surface area contributed by atoms with Crippen LogP contribution in [0.2, 0.25) is 0 Å². The van der Waals surface area contributed by atoms with Gasteiger partial charge >= 0.3 is 5.97 Å². The van der Waals surface area contributed by atoms with Gasteiger partial charge in [-0.05, 0) is 51.4 Å². The van der Waals surface area contributed by atoms with Gasteiger partial charge in [-0.3, -0.25) is 9.59 Å². The lowest BCUT2D eigenvalue weighted by molar-refractivity contribution is -0.143. The summed E-state index contributed by atoms with van der Waals surface area (Å²) in [7, 11) is 0. The minimum atomic E-state index is -0.860. The molecule has 0 saturated carbocycles. The molecule has 0 fully saturated rings. The number of ether oxygens (including phenoxy) is 1. The molecule has 3 N–H and O–H groups in total.